The predicted octanol–water partition coefficient (Wildman–Crippen LogP) is 1.27. The second-order valence-corrected chi connectivity index (χ2v) is 4.69. The monoisotopic (exact) mass is 253 g/mol. The fourth-order valence-electron chi connectivity index (χ4n) is 2.42. The van der Waals surface area contributed by atoms with Crippen molar-refractivity contribution >= 4 is 5.97 Å². The molecule has 0 bridgehead atoms. The third-order valence-electron chi connectivity index (χ3n) is 3.37. The van der Waals surface area contributed by atoms with Gasteiger partial charge in [-0.2, -0.15) is 0 Å². The van der Waals surface area contributed by atoms with Gasteiger partial charge >= 0.3 is 5.97 Å². The van der Waals surface area contributed by atoms with E-state index in [9.17, 15) is 9.90 Å². The molecule has 1 saturated heterocycles. The number of aliphatic hydroxyl groups is 1. The zero-order chi connectivity index (χ0) is 13.0. The van der Waals surface area contributed by atoms with Crippen LogP contribution >= 0.6 is 0 Å². The smallest absolute Gasteiger partial charge is 0.374 e. The van der Waals surface area contributed by atoms with Crippen LogP contribution < -0.4 is 0 Å². The van der Waals surface area contributed by atoms with Crippen molar-refractivity contribution in [3.63, 3.8) is 0 Å². The predicted molar refractivity (Wildman–Crippen MR) is 65.1 cm³/mol. The highest BCUT2D eigenvalue weighted by molar-refractivity contribution is 5.87. The summed E-state index contributed by atoms with van der Waals surface area (Å²) in [5.41, 5.74) is 0.848. The minimum atomic E-state index is -0.439. The molecule has 5 heteroatoms. The number of furan rings is 1. The minimum Gasteiger partial charge on any atom is -0.463 e. The van der Waals surface area contributed by atoms with Gasteiger partial charge in [0.25, 0.3) is 0 Å². The summed E-state index contributed by atoms with van der Waals surface area (Å²) >= 11 is 0. The molecule has 0 amide bonds. The number of hydrogen-bond donors (Lipinski definition) is 1. The molecule has 1 fully saturated rings. The van der Waals surface area contributed by atoms with Crippen molar-refractivity contribution in [2.24, 2.45) is 5.92 Å². The van der Waals surface area contributed by atoms with Crippen LogP contribution in [0.15, 0.2) is 16.7 Å². The normalized spacial score (nSPS) is 20.9. The maximum atomic E-state index is 11.5. The van der Waals surface area contributed by atoms with Gasteiger partial charge in [0, 0.05) is 25.3 Å². The van der Waals surface area contributed by atoms with Gasteiger partial charge in [0.2, 0.25) is 5.76 Å². The molecule has 1 aliphatic heterocycles. The standard InChI is InChI=1S/C13H19NO4/c1-17-13(16)12-11(4-6-18-12)8-14-5-2-3-10(7-14)9-15/h4,6,10,15H,2-3,5,7-9H2,1H3. The first-order valence-corrected chi connectivity index (χ1v) is 6.22. The van der Waals surface area contributed by atoms with Gasteiger partial charge in [-0.25, -0.2) is 4.79 Å². The van der Waals surface area contributed by atoms with Gasteiger partial charge in [0.1, 0.15) is 0 Å². The Balaban J connectivity index is 2.00. The Kier molecular flexibility index (Phi) is 4.38. The molecule has 0 saturated carbocycles. The molecule has 1 aliphatic rings. The summed E-state index contributed by atoms with van der Waals surface area (Å²) in [5.74, 6) is 0.182. The van der Waals surface area contributed by atoms with E-state index in [0.717, 1.165) is 31.5 Å². The van der Waals surface area contributed by atoms with Gasteiger partial charge < -0.3 is 14.3 Å². The van der Waals surface area contributed by atoms with Crippen LogP contribution in [0.4, 0.5) is 0 Å². The van der Waals surface area contributed by atoms with Crippen LogP contribution in [-0.4, -0.2) is 42.8 Å². The molecule has 2 heterocycles. The molecular formula is C13H19NO4. The lowest BCUT2D eigenvalue weighted by molar-refractivity contribution is 0.0559. The van der Waals surface area contributed by atoms with E-state index >= 15 is 0 Å². The van der Waals surface area contributed by atoms with Gasteiger partial charge in [0.15, 0.2) is 0 Å². The van der Waals surface area contributed by atoms with Gasteiger partial charge in [-0.3, -0.25) is 4.90 Å². The number of carbonyl (C=O) groups is 1. The summed E-state index contributed by atoms with van der Waals surface area (Å²) in [6, 6.07) is 1.80. The highest BCUT2D eigenvalue weighted by atomic mass is 16.5. The molecule has 18 heavy (non-hydrogen) atoms. The zero-order valence-corrected chi connectivity index (χ0v) is 10.6. The fourth-order valence-corrected chi connectivity index (χ4v) is 2.42. The van der Waals surface area contributed by atoms with E-state index in [-0.39, 0.29) is 12.4 Å². The van der Waals surface area contributed by atoms with Crippen LogP contribution in [0.2, 0.25) is 0 Å². The van der Waals surface area contributed by atoms with Crippen molar-refractivity contribution in [1.82, 2.24) is 4.90 Å². The quantitative estimate of drug-likeness (QED) is 0.819. The largest absolute Gasteiger partial charge is 0.463 e. The molecule has 1 atom stereocenters. The number of aliphatic hydroxyl groups excluding tert-OH is 1. The molecule has 2 rings (SSSR count). The van der Waals surface area contributed by atoms with Crippen molar-refractivity contribution in [2.75, 3.05) is 26.8 Å². The molecule has 0 spiro atoms. The molecule has 1 aromatic rings. The Morgan fingerprint density at radius 3 is 3.22 bits per heavy atom. The Hall–Kier alpha value is -1.33. The molecule has 1 aromatic heterocycles. The molecule has 5 nitrogen and oxygen atoms in total. The lowest BCUT2D eigenvalue weighted by atomic mass is 9.98. The van der Waals surface area contributed by atoms with Gasteiger partial charge in [-0.1, -0.05) is 0 Å². The molecule has 100 valence electrons. The molecule has 0 aliphatic carbocycles. The molecule has 0 radical (unpaired) electrons. The average Bonchev–Trinajstić information content (AvgIpc) is 2.86. The number of ether oxygens (including phenoxy) is 1. The first kappa shape index (κ1) is 13.1. The van der Waals surface area contributed by atoms with Gasteiger partial charge in [0.05, 0.1) is 13.4 Å². The molecular weight excluding hydrogens is 234 g/mol. The molecule has 0 aromatic carbocycles. The lowest BCUT2D eigenvalue weighted by Gasteiger charge is -2.31. The summed E-state index contributed by atoms with van der Waals surface area (Å²) in [4.78, 5) is 13.7. The Labute approximate surface area is 106 Å². The van der Waals surface area contributed by atoms with E-state index in [1.165, 1.54) is 13.4 Å². The zero-order valence-electron chi connectivity index (χ0n) is 10.6. The van der Waals surface area contributed by atoms with Crippen molar-refractivity contribution in [3.05, 3.63) is 23.7 Å². The number of nitrogens with zero attached hydrogens (tertiary/aromatic N) is 1. The summed E-state index contributed by atoms with van der Waals surface area (Å²) in [6.45, 7) is 2.74. The van der Waals surface area contributed by atoms with E-state index in [1.54, 1.807) is 6.07 Å². The van der Waals surface area contributed by atoms with Gasteiger partial charge in [-0.05, 0) is 31.4 Å². The highest BCUT2D eigenvalue weighted by Crippen LogP contribution is 2.20. The number of piperidine rings is 1. The second-order valence-electron chi connectivity index (χ2n) is 4.69. The van der Waals surface area contributed by atoms with E-state index < -0.39 is 5.97 Å². The summed E-state index contributed by atoms with van der Waals surface area (Å²) in [5, 5.41) is 9.20. The third-order valence-corrected chi connectivity index (χ3v) is 3.37. The molecule has 1 unspecified atom stereocenters. The first-order valence-electron chi connectivity index (χ1n) is 6.22. The topological polar surface area (TPSA) is 62.9 Å². The summed E-state index contributed by atoms with van der Waals surface area (Å²) in [7, 11) is 1.34. The van der Waals surface area contributed by atoms with Crippen LogP contribution in [0.1, 0.15) is 29.0 Å². The number of carbonyl (C=O) groups excluding carboxylic acids is 1. The van der Waals surface area contributed by atoms with E-state index in [0.29, 0.717) is 12.5 Å². The number of methoxy groups -OCH3 is 1. The Morgan fingerprint density at radius 2 is 2.50 bits per heavy atom. The van der Waals surface area contributed by atoms with Crippen LogP contribution in [0.3, 0.4) is 0 Å². The fraction of sp³-hybridized carbons (Fsp3) is 0.615. The van der Waals surface area contributed by atoms with Crippen LogP contribution in [0.25, 0.3) is 0 Å². The lowest BCUT2D eigenvalue weighted by Crippen LogP contribution is -2.36. The SMILES string of the molecule is COC(=O)c1occc1CN1CCCC(CO)C1. The number of rotatable bonds is 4. The number of hydrogen-bond acceptors (Lipinski definition) is 5. The first-order chi connectivity index (χ1) is 8.74. The summed E-state index contributed by atoms with van der Waals surface area (Å²) < 4.78 is 9.84. The highest BCUT2D eigenvalue weighted by Gasteiger charge is 2.22. The average molecular weight is 253 g/mol. The maximum absolute atomic E-state index is 11.5. The van der Waals surface area contributed by atoms with Crippen LogP contribution in [0, 0.1) is 5.92 Å². The van der Waals surface area contributed by atoms with Crippen molar-refractivity contribution in [2.45, 2.75) is 19.4 Å². The van der Waals surface area contributed by atoms with Crippen LogP contribution in [-0.2, 0) is 11.3 Å². The molecule has 1 N–H and O–H groups in total. The number of likely N-dealkylation sites (tertiary alicyclic amines) is 1. The van der Waals surface area contributed by atoms with Gasteiger partial charge in [-0.15, -0.1) is 0 Å². The van der Waals surface area contributed by atoms with Crippen molar-refractivity contribution in [1.29, 1.82) is 0 Å². The third kappa shape index (κ3) is 2.91. The maximum Gasteiger partial charge on any atom is 0.374 e. The second kappa shape index (κ2) is 6.02. The van der Waals surface area contributed by atoms with Crippen LogP contribution in [0.5, 0.6) is 0 Å². The van der Waals surface area contributed by atoms with E-state index in [2.05, 4.69) is 9.64 Å². The van der Waals surface area contributed by atoms with Crippen molar-refractivity contribution in [3.8, 4) is 0 Å². The van der Waals surface area contributed by atoms with Crippen molar-refractivity contribution < 1.29 is 19.1 Å². The minimum absolute atomic E-state index is 0.228. The number of esters is 1. The Morgan fingerprint density at radius 1 is 1.67 bits per heavy atom. The summed E-state index contributed by atoms with van der Waals surface area (Å²) in [6.07, 6.45) is 3.66. The Bertz CT molecular complexity index is 401. The van der Waals surface area contributed by atoms with E-state index in [4.69, 9.17) is 4.42 Å². The van der Waals surface area contributed by atoms with E-state index in [1.807, 2.05) is 0 Å².